The van der Waals surface area contributed by atoms with Gasteiger partial charge in [-0.1, -0.05) is 20.3 Å². The van der Waals surface area contributed by atoms with Gasteiger partial charge in [-0.15, -0.1) is 0 Å². The number of rotatable bonds is 3. The molecule has 0 spiro atoms. The SMILES string of the molecule is CCC1C(OC)C1(C)CN. The standard InChI is InChI=1S/C8H17NO/c1-4-6-7(10-3)8(6,2)5-9/h6-7H,4-5,9H2,1-3H3. The van der Waals surface area contributed by atoms with Crippen molar-refractivity contribution in [3.63, 3.8) is 0 Å². The summed E-state index contributed by atoms with van der Waals surface area (Å²) in [5, 5.41) is 0. The molecule has 1 saturated carbocycles. The first kappa shape index (κ1) is 8.02. The van der Waals surface area contributed by atoms with E-state index >= 15 is 0 Å². The van der Waals surface area contributed by atoms with Gasteiger partial charge in [-0.25, -0.2) is 0 Å². The molecule has 1 fully saturated rings. The molecule has 0 radical (unpaired) electrons. The maximum absolute atomic E-state index is 5.62. The summed E-state index contributed by atoms with van der Waals surface area (Å²) in [6.45, 7) is 5.15. The van der Waals surface area contributed by atoms with E-state index in [9.17, 15) is 0 Å². The van der Waals surface area contributed by atoms with Crippen molar-refractivity contribution in [2.24, 2.45) is 17.1 Å². The highest BCUT2D eigenvalue weighted by Crippen LogP contribution is 2.55. The van der Waals surface area contributed by atoms with E-state index in [2.05, 4.69) is 13.8 Å². The maximum Gasteiger partial charge on any atom is 0.0675 e. The van der Waals surface area contributed by atoms with Crippen LogP contribution < -0.4 is 5.73 Å². The van der Waals surface area contributed by atoms with E-state index in [1.807, 2.05) is 0 Å². The zero-order chi connectivity index (χ0) is 7.78. The molecular formula is C8H17NO. The van der Waals surface area contributed by atoms with Crippen molar-refractivity contribution in [2.75, 3.05) is 13.7 Å². The van der Waals surface area contributed by atoms with E-state index in [0.717, 1.165) is 6.54 Å². The Bertz CT molecular complexity index is 114. The lowest BCUT2D eigenvalue weighted by Crippen LogP contribution is -2.17. The Kier molecular flexibility index (Phi) is 2.02. The minimum atomic E-state index is 0.281. The quantitative estimate of drug-likeness (QED) is 0.640. The van der Waals surface area contributed by atoms with Crippen LogP contribution in [0, 0.1) is 11.3 Å². The van der Waals surface area contributed by atoms with E-state index in [1.165, 1.54) is 6.42 Å². The highest BCUT2D eigenvalue weighted by Gasteiger charge is 2.59. The van der Waals surface area contributed by atoms with Gasteiger partial charge in [0.05, 0.1) is 6.10 Å². The van der Waals surface area contributed by atoms with Crippen molar-refractivity contribution in [3.05, 3.63) is 0 Å². The van der Waals surface area contributed by atoms with Crippen LogP contribution in [-0.4, -0.2) is 19.8 Å². The van der Waals surface area contributed by atoms with Crippen molar-refractivity contribution in [2.45, 2.75) is 26.4 Å². The van der Waals surface area contributed by atoms with E-state index in [1.54, 1.807) is 7.11 Å². The van der Waals surface area contributed by atoms with Gasteiger partial charge in [0.15, 0.2) is 0 Å². The summed E-state index contributed by atoms with van der Waals surface area (Å²) in [4.78, 5) is 0. The van der Waals surface area contributed by atoms with Crippen LogP contribution in [0.2, 0.25) is 0 Å². The average molecular weight is 143 g/mol. The van der Waals surface area contributed by atoms with Gasteiger partial charge in [0.1, 0.15) is 0 Å². The fourth-order valence-corrected chi connectivity index (χ4v) is 2.00. The average Bonchev–Trinajstić information content (AvgIpc) is 2.56. The molecule has 1 aliphatic rings. The second kappa shape index (κ2) is 2.51. The highest BCUT2D eigenvalue weighted by molar-refractivity contribution is 5.09. The van der Waals surface area contributed by atoms with Crippen LogP contribution in [0.1, 0.15) is 20.3 Å². The Morgan fingerprint density at radius 3 is 2.30 bits per heavy atom. The fraction of sp³-hybridized carbons (Fsp3) is 1.00. The molecule has 60 valence electrons. The van der Waals surface area contributed by atoms with Gasteiger partial charge in [0, 0.05) is 19.1 Å². The van der Waals surface area contributed by atoms with Crippen LogP contribution >= 0.6 is 0 Å². The van der Waals surface area contributed by atoms with Gasteiger partial charge >= 0.3 is 0 Å². The zero-order valence-electron chi connectivity index (χ0n) is 7.05. The molecule has 2 nitrogen and oxygen atoms in total. The number of hydrogen-bond donors (Lipinski definition) is 1. The van der Waals surface area contributed by atoms with Crippen molar-refractivity contribution < 1.29 is 4.74 Å². The highest BCUT2D eigenvalue weighted by atomic mass is 16.5. The van der Waals surface area contributed by atoms with Crippen LogP contribution in [0.15, 0.2) is 0 Å². The normalized spacial score (nSPS) is 45.6. The first-order chi connectivity index (χ1) is 4.70. The third kappa shape index (κ3) is 0.867. The second-order valence-corrected chi connectivity index (χ2v) is 3.38. The number of methoxy groups -OCH3 is 1. The van der Waals surface area contributed by atoms with Gasteiger partial charge in [-0.3, -0.25) is 0 Å². The van der Waals surface area contributed by atoms with Gasteiger partial charge in [0.25, 0.3) is 0 Å². The molecule has 0 heterocycles. The summed E-state index contributed by atoms with van der Waals surface area (Å²) in [6.07, 6.45) is 1.61. The van der Waals surface area contributed by atoms with Crippen molar-refractivity contribution in [3.8, 4) is 0 Å². The lowest BCUT2D eigenvalue weighted by atomic mass is 10.1. The molecule has 1 aliphatic carbocycles. The molecule has 2 heteroatoms. The summed E-state index contributed by atoms with van der Waals surface area (Å²) in [5.41, 5.74) is 5.90. The maximum atomic E-state index is 5.62. The molecule has 0 saturated heterocycles. The predicted octanol–water partition coefficient (Wildman–Crippen LogP) is 1.01. The lowest BCUT2D eigenvalue weighted by molar-refractivity contribution is 0.145. The van der Waals surface area contributed by atoms with E-state index in [4.69, 9.17) is 10.5 Å². The third-order valence-corrected chi connectivity index (χ3v) is 2.89. The molecule has 3 atom stereocenters. The Hall–Kier alpha value is -0.0800. The Morgan fingerprint density at radius 2 is 2.20 bits per heavy atom. The fourth-order valence-electron chi connectivity index (χ4n) is 2.00. The molecule has 0 aromatic carbocycles. The summed E-state index contributed by atoms with van der Waals surface area (Å²) in [6, 6.07) is 0. The molecule has 3 unspecified atom stereocenters. The van der Waals surface area contributed by atoms with E-state index in [-0.39, 0.29) is 5.41 Å². The largest absolute Gasteiger partial charge is 0.381 e. The smallest absolute Gasteiger partial charge is 0.0675 e. The van der Waals surface area contributed by atoms with Crippen LogP contribution in [-0.2, 0) is 4.74 Å². The van der Waals surface area contributed by atoms with Crippen LogP contribution in [0.4, 0.5) is 0 Å². The summed E-state index contributed by atoms with van der Waals surface area (Å²) < 4.78 is 5.29. The Morgan fingerprint density at radius 1 is 1.60 bits per heavy atom. The molecule has 10 heavy (non-hydrogen) atoms. The molecule has 1 rings (SSSR count). The van der Waals surface area contributed by atoms with Crippen molar-refractivity contribution in [1.82, 2.24) is 0 Å². The van der Waals surface area contributed by atoms with Gasteiger partial charge < -0.3 is 10.5 Å². The van der Waals surface area contributed by atoms with Gasteiger partial charge in [-0.2, -0.15) is 0 Å². The molecule has 0 bridgehead atoms. The van der Waals surface area contributed by atoms with E-state index < -0.39 is 0 Å². The van der Waals surface area contributed by atoms with Crippen LogP contribution in [0.25, 0.3) is 0 Å². The number of ether oxygens (including phenoxy) is 1. The van der Waals surface area contributed by atoms with Crippen molar-refractivity contribution in [1.29, 1.82) is 0 Å². The Labute approximate surface area is 62.7 Å². The molecule has 0 amide bonds. The molecule has 0 aromatic rings. The van der Waals surface area contributed by atoms with E-state index in [0.29, 0.717) is 12.0 Å². The van der Waals surface area contributed by atoms with Crippen molar-refractivity contribution >= 4 is 0 Å². The van der Waals surface area contributed by atoms with Gasteiger partial charge in [-0.05, 0) is 5.92 Å². The van der Waals surface area contributed by atoms with Gasteiger partial charge in [0.2, 0.25) is 0 Å². The summed E-state index contributed by atoms with van der Waals surface area (Å²) in [7, 11) is 1.77. The number of nitrogens with two attached hydrogens (primary N) is 1. The topological polar surface area (TPSA) is 35.2 Å². The summed E-state index contributed by atoms with van der Waals surface area (Å²) in [5.74, 6) is 0.697. The zero-order valence-corrected chi connectivity index (χ0v) is 7.05. The minimum absolute atomic E-state index is 0.281. The molecule has 0 aliphatic heterocycles. The second-order valence-electron chi connectivity index (χ2n) is 3.38. The lowest BCUT2D eigenvalue weighted by Gasteiger charge is -2.04. The van der Waals surface area contributed by atoms with Crippen LogP contribution in [0.3, 0.4) is 0 Å². The molecular weight excluding hydrogens is 126 g/mol. The molecule has 2 N–H and O–H groups in total. The summed E-state index contributed by atoms with van der Waals surface area (Å²) >= 11 is 0. The molecule has 0 aromatic heterocycles. The first-order valence-electron chi connectivity index (χ1n) is 3.93. The third-order valence-electron chi connectivity index (χ3n) is 2.89. The number of hydrogen-bond acceptors (Lipinski definition) is 2. The predicted molar refractivity (Wildman–Crippen MR) is 41.7 cm³/mol. The minimum Gasteiger partial charge on any atom is -0.381 e. The Balaban J connectivity index is 2.50. The monoisotopic (exact) mass is 143 g/mol. The van der Waals surface area contributed by atoms with Crippen LogP contribution in [0.5, 0.6) is 0 Å². The first-order valence-corrected chi connectivity index (χ1v) is 3.93.